The summed E-state index contributed by atoms with van der Waals surface area (Å²) in [5.41, 5.74) is 2.32. The fourth-order valence-corrected chi connectivity index (χ4v) is 4.01. The number of urea groups is 1. The van der Waals surface area contributed by atoms with E-state index in [1.54, 1.807) is 4.68 Å². The van der Waals surface area contributed by atoms with Gasteiger partial charge in [-0.1, -0.05) is 69.5 Å². The van der Waals surface area contributed by atoms with Crippen molar-refractivity contribution in [3.63, 3.8) is 0 Å². The van der Waals surface area contributed by atoms with Crippen LogP contribution in [0, 0.1) is 6.92 Å². The van der Waals surface area contributed by atoms with Gasteiger partial charge in [-0.15, -0.1) is 0 Å². The number of carbonyl (C=O) groups excluding carboxylic acids is 1. The minimum Gasteiger partial charge on any atom is -0.335 e. The number of carbonyl (C=O) groups is 1. The summed E-state index contributed by atoms with van der Waals surface area (Å²) in [6, 6.07) is 19.0. The number of hydrogen-bond acceptors (Lipinski definition) is 2. The molecule has 2 amide bonds. The van der Waals surface area contributed by atoms with Crippen LogP contribution in [-0.4, -0.2) is 21.4 Å². The molecule has 0 bridgehead atoms. The van der Waals surface area contributed by atoms with Crippen LogP contribution in [-0.2, 0) is 0 Å². The number of rotatable bonds is 4. The highest BCUT2D eigenvalue weighted by molar-refractivity contribution is 5.90. The molecule has 1 fully saturated rings. The summed E-state index contributed by atoms with van der Waals surface area (Å²) in [5, 5.41) is 5.84. The second-order valence-electron chi connectivity index (χ2n) is 7.49. The summed E-state index contributed by atoms with van der Waals surface area (Å²) in [6.07, 6.45) is 5.47. The number of hydrogen-bond donors (Lipinski definition) is 2. The molecular weight excluding hydrogens is 388 g/mol. The molecule has 0 radical (unpaired) electrons. The Balaban J connectivity index is 0.00000132. The maximum atomic E-state index is 13.3. The molecule has 6 nitrogen and oxygen atoms in total. The third-order valence-electron chi connectivity index (χ3n) is 5.47. The van der Waals surface area contributed by atoms with Gasteiger partial charge in [-0.3, -0.25) is 4.79 Å². The molecule has 0 atom stereocenters. The fourth-order valence-electron chi connectivity index (χ4n) is 4.01. The van der Waals surface area contributed by atoms with E-state index in [-0.39, 0.29) is 17.6 Å². The van der Waals surface area contributed by atoms with Crippen LogP contribution in [0.15, 0.2) is 65.5 Å². The van der Waals surface area contributed by atoms with Crippen molar-refractivity contribution in [1.29, 1.82) is 0 Å². The molecule has 1 aromatic heterocycles. The van der Waals surface area contributed by atoms with E-state index in [0.29, 0.717) is 11.4 Å². The monoisotopic (exact) mass is 420 g/mol. The highest BCUT2D eigenvalue weighted by Gasteiger charge is 2.22. The van der Waals surface area contributed by atoms with E-state index in [1.807, 2.05) is 86.1 Å². The summed E-state index contributed by atoms with van der Waals surface area (Å²) < 4.78 is 3.44. The van der Waals surface area contributed by atoms with Crippen LogP contribution in [0.1, 0.15) is 51.6 Å². The van der Waals surface area contributed by atoms with Crippen LogP contribution in [0.4, 0.5) is 10.5 Å². The number of para-hydroxylation sites is 2. The average Bonchev–Trinajstić information content (AvgIpc) is 3.07. The molecule has 1 saturated carbocycles. The minimum absolute atomic E-state index is 0.177. The van der Waals surface area contributed by atoms with Gasteiger partial charge < -0.3 is 10.6 Å². The summed E-state index contributed by atoms with van der Waals surface area (Å²) in [6.45, 7) is 5.85. The van der Waals surface area contributed by atoms with Crippen molar-refractivity contribution in [2.75, 3.05) is 5.32 Å². The van der Waals surface area contributed by atoms with Crippen LogP contribution in [0.25, 0.3) is 11.4 Å². The van der Waals surface area contributed by atoms with E-state index in [2.05, 4.69) is 10.6 Å². The van der Waals surface area contributed by atoms with E-state index >= 15 is 0 Å². The molecular formula is C25H32N4O2. The number of aromatic nitrogens is 2. The number of nitrogens with one attached hydrogen (secondary N) is 2. The average molecular weight is 421 g/mol. The van der Waals surface area contributed by atoms with Crippen molar-refractivity contribution < 1.29 is 4.79 Å². The maximum Gasteiger partial charge on any atom is 0.319 e. The number of amides is 2. The van der Waals surface area contributed by atoms with E-state index < -0.39 is 0 Å². The number of benzene rings is 2. The lowest BCUT2D eigenvalue weighted by atomic mass is 9.96. The van der Waals surface area contributed by atoms with Gasteiger partial charge in [0.05, 0.1) is 17.1 Å². The Labute approximate surface area is 183 Å². The zero-order valence-electron chi connectivity index (χ0n) is 18.6. The number of anilines is 1. The smallest absolute Gasteiger partial charge is 0.319 e. The Morgan fingerprint density at radius 3 is 1.90 bits per heavy atom. The van der Waals surface area contributed by atoms with Crippen LogP contribution >= 0.6 is 0 Å². The molecule has 3 aromatic rings. The van der Waals surface area contributed by atoms with Gasteiger partial charge in [-0.05, 0) is 44.0 Å². The van der Waals surface area contributed by atoms with Crippen molar-refractivity contribution in [2.24, 2.45) is 0 Å². The van der Waals surface area contributed by atoms with Crippen LogP contribution in [0.2, 0.25) is 0 Å². The first-order valence-electron chi connectivity index (χ1n) is 11.2. The Morgan fingerprint density at radius 2 is 1.35 bits per heavy atom. The molecule has 0 spiro atoms. The molecule has 0 aliphatic heterocycles. The Kier molecular flexibility index (Phi) is 7.70. The van der Waals surface area contributed by atoms with Gasteiger partial charge in [-0.25, -0.2) is 14.2 Å². The molecule has 1 heterocycles. The molecule has 1 aliphatic rings. The fraction of sp³-hybridized carbons (Fsp3) is 0.360. The second kappa shape index (κ2) is 10.7. The first-order chi connectivity index (χ1) is 15.1. The third kappa shape index (κ3) is 5.08. The lowest BCUT2D eigenvalue weighted by molar-refractivity contribution is 0.244. The van der Waals surface area contributed by atoms with Gasteiger partial charge in [0.15, 0.2) is 0 Å². The molecule has 164 valence electrons. The van der Waals surface area contributed by atoms with Crippen molar-refractivity contribution in [2.45, 2.75) is 58.9 Å². The van der Waals surface area contributed by atoms with Crippen LogP contribution in [0.3, 0.4) is 0 Å². The highest BCUT2D eigenvalue weighted by Crippen LogP contribution is 2.21. The molecule has 4 rings (SSSR count). The van der Waals surface area contributed by atoms with Gasteiger partial charge in [0, 0.05) is 6.04 Å². The molecule has 2 N–H and O–H groups in total. The zero-order valence-corrected chi connectivity index (χ0v) is 18.6. The predicted molar refractivity (Wildman–Crippen MR) is 126 cm³/mol. The van der Waals surface area contributed by atoms with Gasteiger partial charge >= 0.3 is 6.03 Å². The molecule has 1 aliphatic carbocycles. The summed E-state index contributed by atoms with van der Waals surface area (Å²) in [7, 11) is 0. The van der Waals surface area contributed by atoms with Gasteiger partial charge in [0.2, 0.25) is 0 Å². The Morgan fingerprint density at radius 1 is 0.839 bits per heavy atom. The summed E-state index contributed by atoms with van der Waals surface area (Å²) in [5.74, 6) is 0. The van der Waals surface area contributed by atoms with Crippen molar-refractivity contribution >= 4 is 11.7 Å². The van der Waals surface area contributed by atoms with E-state index in [0.717, 1.165) is 37.1 Å². The molecule has 31 heavy (non-hydrogen) atoms. The summed E-state index contributed by atoms with van der Waals surface area (Å²) >= 11 is 0. The van der Waals surface area contributed by atoms with Crippen molar-refractivity contribution in [3.8, 4) is 11.4 Å². The second-order valence-corrected chi connectivity index (χ2v) is 7.49. The zero-order chi connectivity index (χ0) is 22.2. The van der Waals surface area contributed by atoms with E-state index in [9.17, 15) is 9.59 Å². The molecule has 2 aromatic carbocycles. The van der Waals surface area contributed by atoms with E-state index in [1.165, 1.54) is 6.42 Å². The third-order valence-corrected chi connectivity index (χ3v) is 5.47. The van der Waals surface area contributed by atoms with Gasteiger partial charge in [0.1, 0.15) is 5.69 Å². The largest absolute Gasteiger partial charge is 0.335 e. The number of nitrogens with zero attached hydrogens (tertiary/aromatic N) is 2. The van der Waals surface area contributed by atoms with Gasteiger partial charge in [-0.2, -0.15) is 0 Å². The lowest BCUT2D eigenvalue weighted by Gasteiger charge is -2.22. The quantitative estimate of drug-likeness (QED) is 0.592. The predicted octanol–water partition coefficient (Wildman–Crippen LogP) is 5.42. The lowest BCUT2D eigenvalue weighted by Crippen LogP contribution is -2.39. The summed E-state index contributed by atoms with van der Waals surface area (Å²) in [4.78, 5) is 25.9. The van der Waals surface area contributed by atoms with Gasteiger partial charge in [0.25, 0.3) is 5.56 Å². The minimum atomic E-state index is -0.317. The van der Waals surface area contributed by atoms with Crippen LogP contribution < -0.4 is 16.2 Å². The van der Waals surface area contributed by atoms with Crippen molar-refractivity contribution in [1.82, 2.24) is 14.7 Å². The Bertz CT molecular complexity index is 1030. The first-order valence-corrected chi connectivity index (χ1v) is 11.2. The van der Waals surface area contributed by atoms with E-state index in [4.69, 9.17) is 0 Å². The molecule has 6 heteroatoms. The normalized spacial score (nSPS) is 13.8. The SMILES string of the molecule is CC.Cc1c(NC(=O)NC2CCCCC2)c(=O)n(-c2ccccc2)n1-c1ccccc1. The Hall–Kier alpha value is -3.28. The van der Waals surface area contributed by atoms with Crippen molar-refractivity contribution in [3.05, 3.63) is 76.7 Å². The molecule has 0 unspecified atom stereocenters. The first kappa shape index (κ1) is 22.4. The van der Waals surface area contributed by atoms with Crippen LogP contribution in [0.5, 0.6) is 0 Å². The standard InChI is InChI=1S/C23H26N4O2.C2H6/c1-17-21(25-23(29)24-18-11-5-2-6-12-18)22(28)27(20-15-9-4-10-16-20)26(17)19-13-7-3-8-14-19;1-2/h3-4,7-10,13-16,18H,2,5-6,11-12H2,1H3,(H2,24,25,29);1-2H3. The molecule has 0 saturated heterocycles. The topological polar surface area (TPSA) is 68.1 Å². The highest BCUT2D eigenvalue weighted by atomic mass is 16.2. The maximum absolute atomic E-state index is 13.3.